The number of nitrogens with one attached hydrogen (secondary N) is 2. The number of alkyl halides is 3. The van der Waals surface area contributed by atoms with Crippen LogP contribution in [0.2, 0.25) is 0 Å². The molecule has 0 spiro atoms. The van der Waals surface area contributed by atoms with Crippen molar-refractivity contribution in [2.75, 3.05) is 10.7 Å². The molecule has 0 aliphatic heterocycles. The molecule has 0 saturated carbocycles. The fraction of sp³-hybridized carbons (Fsp3) is 0.0833. The Kier molecular flexibility index (Phi) is 4.53. The van der Waals surface area contributed by atoms with Gasteiger partial charge in [0.1, 0.15) is 17.4 Å². The SMILES string of the molecule is NNc1cccc(Nc2ccc(OC(F)(F)F)c(Br)c2)n1. The van der Waals surface area contributed by atoms with Crippen molar-refractivity contribution in [2.24, 2.45) is 5.84 Å². The standard InChI is InChI=1S/C12H10BrF3N4O/c13-8-6-7(4-5-9(8)21-12(14,15)16)18-10-2-1-3-11(19-10)20-17/h1-6H,17H2,(H2,18,19,20). The molecule has 0 aliphatic carbocycles. The quantitative estimate of drug-likeness (QED) is 0.570. The van der Waals surface area contributed by atoms with Gasteiger partial charge in [-0.05, 0) is 46.3 Å². The zero-order chi connectivity index (χ0) is 15.5. The maximum Gasteiger partial charge on any atom is 0.573 e. The molecule has 112 valence electrons. The van der Waals surface area contributed by atoms with Gasteiger partial charge in [0, 0.05) is 5.69 Å². The molecule has 1 aromatic carbocycles. The second-order valence-electron chi connectivity index (χ2n) is 3.87. The van der Waals surface area contributed by atoms with Gasteiger partial charge >= 0.3 is 6.36 Å². The highest BCUT2D eigenvalue weighted by molar-refractivity contribution is 9.10. The van der Waals surface area contributed by atoms with Crippen molar-refractivity contribution in [1.82, 2.24) is 4.98 Å². The Bertz CT molecular complexity index is 636. The van der Waals surface area contributed by atoms with Gasteiger partial charge in [-0.1, -0.05) is 6.07 Å². The number of hydrogen-bond acceptors (Lipinski definition) is 5. The summed E-state index contributed by atoms with van der Waals surface area (Å²) in [7, 11) is 0. The van der Waals surface area contributed by atoms with Crippen molar-refractivity contribution in [3.8, 4) is 5.75 Å². The van der Waals surface area contributed by atoms with E-state index in [0.29, 0.717) is 17.3 Å². The molecule has 0 fully saturated rings. The minimum atomic E-state index is -4.74. The summed E-state index contributed by atoms with van der Waals surface area (Å²) in [5.41, 5.74) is 2.93. The third kappa shape index (κ3) is 4.50. The third-order valence-corrected chi connectivity index (χ3v) is 2.95. The van der Waals surface area contributed by atoms with Crippen LogP contribution in [0.3, 0.4) is 0 Å². The Labute approximate surface area is 126 Å². The highest BCUT2D eigenvalue weighted by Crippen LogP contribution is 2.33. The molecule has 2 rings (SSSR count). The van der Waals surface area contributed by atoms with Gasteiger partial charge in [-0.15, -0.1) is 13.2 Å². The van der Waals surface area contributed by atoms with Crippen LogP contribution in [-0.2, 0) is 0 Å². The lowest BCUT2D eigenvalue weighted by Gasteiger charge is -2.12. The summed E-state index contributed by atoms with van der Waals surface area (Å²) < 4.78 is 40.5. The summed E-state index contributed by atoms with van der Waals surface area (Å²) in [5.74, 6) is 5.87. The summed E-state index contributed by atoms with van der Waals surface area (Å²) >= 11 is 3.02. The number of benzene rings is 1. The van der Waals surface area contributed by atoms with Gasteiger partial charge in [0.2, 0.25) is 0 Å². The highest BCUT2D eigenvalue weighted by Gasteiger charge is 2.31. The number of anilines is 3. The number of nitrogen functional groups attached to an aromatic ring is 1. The second-order valence-corrected chi connectivity index (χ2v) is 4.72. The lowest BCUT2D eigenvalue weighted by Crippen LogP contribution is -2.17. The van der Waals surface area contributed by atoms with E-state index in [1.165, 1.54) is 18.2 Å². The maximum atomic E-state index is 12.2. The number of halogens is 4. The summed E-state index contributed by atoms with van der Waals surface area (Å²) in [6.45, 7) is 0. The number of hydrazine groups is 1. The molecule has 1 aromatic heterocycles. The Hall–Kier alpha value is -2.00. The number of hydrogen-bond donors (Lipinski definition) is 3. The fourth-order valence-electron chi connectivity index (χ4n) is 1.52. The molecule has 21 heavy (non-hydrogen) atoms. The highest BCUT2D eigenvalue weighted by atomic mass is 79.9. The smallest absolute Gasteiger partial charge is 0.405 e. The van der Waals surface area contributed by atoms with E-state index in [4.69, 9.17) is 5.84 Å². The topological polar surface area (TPSA) is 72.2 Å². The van der Waals surface area contributed by atoms with Crippen LogP contribution in [0.15, 0.2) is 40.9 Å². The van der Waals surface area contributed by atoms with Crippen molar-refractivity contribution in [1.29, 1.82) is 0 Å². The molecule has 0 bridgehead atoms. The number of nitrogens with zero attached hydrogens (tertiary/aromatic N) is 1. The van der Waals surface area contributed by atoms with Gasteiger partial charge in [-0.3, -0.25) is 0 Å². The average Bonchev–Trinajstić information content (AvgIpc) is 2.41. The predicted octanol–water partition coefficient (Wildman–Crippen LogP) is 3.77. The Morgan fingerprint density at radius 1 is 1.14 bits per heavy atom. The number of ether oxygens (including phenoxy) is 1. The molecular weight excluding hydrogens is 353 g/mol. The Morgan fingerprint density at radius 2 is 1.86 bits per heavy atom. The Morgan fingerprint density at radius 3 is 2.48 bits per heavy atom. The van der Waals surface area contributed by atoms with Crippen LogP contribution in [0.25, 0.3) is 0 Å². The Balaban J connectivity index is 2.16. The van der Waals surface area contributed by atoms with Gasteiger partial charge in [0.15, 0.2) is 0 Å². The molecule has 1 heterocycles. The normalized spacial score (nSPS) is 11.1. The van der Waals surface area contributed by atoms with Crippen LogP contribution in [-0.4, -0.2) is 11.3 Å². The zero-order valence-electron chi connectivity index (χ0n) is 10.4. The van der Waals surface area contributed by atoms with Gasteiger partial charge in [0.25, 0.3) is 0 Å². The molecule has 4 N–H and O–H groups in total. The molecule has 0 radical (unpaired) electrons. The second kappa shape index (κ2) is 6.19. The van der Waals surface area contributed by atoms with Crippen LogP contribution >= 0.6 is 15.9 Å². The fourth-order valence-corrected chi connectivity index (χ4v) is 1.98. The zero-order valence-corrected chi connectivity index (χ0v) is 12.0. The molecule has 5 nitrogen and oxygen atoms in total. The van der Waals surface area contributed by atoms with Crippen molar-refractivity contribution >= 4 is 33.3 Å². The molecule has 0 amide bonds. The van der Waals surface area contributed by atoms with Crippen molar-refractivity contribution in [2.45, 2.75) is 6.36 Å². The maximum absolute atomic E-state index is 12.2. The van der Waals surface area contributed by atoms with Gasteiger partial charge in [0.05, 0.1) is 4.47 Å². The van der Waals surface area contributed by atoms with Gasteiger partial charge < -0.3 is 15.5 Å². The van der Waals surface area contributed by atoms with E-state index < -0.39 is 6.36 Å². The average molecular weight is 363 g/mol. The minimum Gasteiger partial charge on any atom is -0.405 e. The van der Waals surface area contributed by atoms with Crippen molar-refractivity contribution in [3.63, 3.8) is 0 Å². The first-order chi connectivity index (χ1) is 9.87. The first-order valence-corrected chi connectivity index (χ1v) is 6.43. The van der Waals surface area contributed by atoms with E-state index >= 15 is 0 Å². The number of rotatable bonds is 4. The number of nitrogens with two attached hydrogens (primary N) is 1. The van der Waals surface area contributed by atoms with Crippen LogP contribution < -0.4 is 21.3 Å². The van der Waals surface area contributed by atoms with Crippen molar-refractivity contribution < 1.29 is 17.9 Å². The molecule has 0 atom stereocenters. The molecule has 0 saturated heterocycles. The third-order valence-electron chi connectivity index (χ3n) is 2.33. The van der Waals surface area contributed by atoms with Gasteiger partial charge in [-0.25, -0.2) is 10.8 Å². The van der Waals surface area contributed by atoms with Crippen LogP contribution in [0, 0.1) is 0 Å². The summed E-state index contributed by atoms with van der Waals surface area (Å²) in [6, 6.07) is 9.17. The molecule has 0 aliphatic rings. The van der Waals surface area contributed by atoms with E-state index in [2.05, 4.69) is 36.4 Å². The predicted molar refractivity (Wildman–Crippen MR) is 76.2 cm³/mol. The summed E-state index contributed by atoms with van der Waals surface area (Å²) in [5, 5.41) is 2.94. The van der Waals surface area contributed by atoms with E-state index in [-0.39, 0.29) is 10.2 Å². The minimum absolute atomic E-state index is 0.165. The number of aromatic nitrogens is 1. The first-order valence-electron chi connectivity index (χ1n) is 5.63. The number of pyridine rings is 1. The van der Waals surface area contributed by atoms with E-state index in [0.717, 1.165) is 0 Å². The van der Waals surface area contributed by atoms with E-state index in [1.54, 1.807) is 18.2 Å². The molecule has 0 unspecified atom stereocenters. The summed E-state index contributed by atoms with van der Waals surface area (Å²) in [6.07, 6.45) is -4.74. The molecule has 2 aromatic rings. The lowest BCUT2D eigenvalue weighted by molar-refractivity contribution is -0.274. The van der Waals surface area contributed by atoms with E-state index in [9.17, 15) is 13.2 Å². The van der Waals surface area contributed by atoms with Crippen LogP contribution in [0.5, 0.6) is 5.75 Å². The van der Waals surface area contributed by atoms with Crippen LogP contribution in [0.1, 0.15) is 0 Å². The van der Waals surface area contributed by atoms with E-state index in [1.807, 2.05) is 0 Å². The first kappa shape index (κ1) is 15.4. The van der Waals surface area contributed by atoms with Crippen LogP contribution in [0.4, 0.5) is 30.5 Å². The largest absolute Gasteiger partial charge is 0.573 e. The summed E-state index contributed by atoms with van der Waals surface area (Å²) in [4.78, 5) is 4.12. The van der Waals surface area contributed by atoms with Crippen molar-refractivity contribution in [3.05, 3.63) is 40.9 Å². The lowest BCUT2D eigenvalue weighted by atomic mass is 10.3. The van der Waals surface area contributed by atoms with Gasteiger partial charge in [-0.2, -0.15) is 0 Å². The molecule has 9 heteroatoms. The molecular formula is C12H10BrF3N4O. The monoisotopic (exact) mass is 362 g/mol.